The number of benzene rings is 1. The molecule has 1 fully saturated rings. The Hall–Kier alpha value is -1.22. The summed E-state index contributed by atoms with van der Waals surface area (Å²) in [7, 11) is 0. The molecule has 0 aliphatic carbocycles. The zero-order chi connectivity index (χ0) is 14.5. The van der Waals surface area contributed by atoms with Crippen molar-refractivity contribution in [3.63, 3.8) is 0 Å². The molecular weight excluding hydrogens is 284 g/mol. The van der Waals surface area contributed by atoms with Crippen LogP contribution in [0.5, 0.6) is 0 Å². The first kappa shape index (κ1) is 17.8. The highest BCUT2D eigenvalue weighted by Crippen LogP contribution is 2.24. The van der Waals surface area contributed by atoms with Gasteiger partial charge < -0.3 is 10.6 Å². The first-order chi connectivity index (χ1) is 9.56. The number of hydrogen-bond donors (Lipinski definition) is 1. The number of nitrogens with two attached hydrogens (primary N) is 1. The second kappa shape index (κ2) is 8.28. The van der Waals surface area contributed by atoms with Crippen molar-refractivity contribution in [3.8, 4) is 0 Å². The first-order valence-corrected chi connectivity index (χ1v) is 7.68. The maximum atomic E-state index is 12.4. The molecule has 21 heavy (non-hydrogen) atoms. The van der Waals surface area contributed by atoms with Gasteiger partial charge in [0.2, 0.25) is 5.91 Å². The number of rotatable bonds is 3. The molecular formula is C17H27ClN2O. The summed E-state index contributed by atoms with van der Waals surface area (Å²) in [5, 5.41) is 0. The minimum Gasteiger partial charge on any atom is -0.399 e. The summed E-state index contributed by atoms with van der Waals surface area (Å²) < 4.78 is 0. The molecule has 1 aromatic carbocycles. The maximum absolute atomic E-state index is 12.4. The molecule has 1 atom stereocenters. The zero-order valence-electron chi connectivity index (χ0n) is 13.0. The van der Waals surface area contributed by atoms with Crippen LogP contribution in [0, 0.1) is 11.8 Å². The Morgan fingerprint density at radius 3 is 2.52 bits per heavy atom. The average molecular weight is 311 g/mol. The van der Waals surface area contributed by atoms with Gasteiger partial charge in [-0.25, -0.2) is 0 Å². The number of carbonyl (C=O) groups excluding carboxylic acids is 1. The fourth-order valence-electron chi connectivity index (χ4n) is 2.96. The molecule has 0 bridgehead atoms. The number of hydrogen-bond acceptors (Lipinski definition) is 2. The number of halogens is 1. The summed E-state index contributed by atoms with van der Waals surface area (Å²) in [5.41, 5.74) is 7.47. The number of anilines is 1. The number of nitrogen functional groups attached to an aromatic ring is 1. The van der Waals surface area contributed by atoms with Gasteiger partial charge in [-0.15, -0.1) is 12.4 Å². The molecule has 0 saturated carbocycles. The van der Waals surface area contributed by atoms with Gasteiger partial charge in [0.15, 0.2) is 0 Å². The highest BCUT2D eigenvalue weighted by Gasteiger charge is 2.22. The molecule has 1 saturated heterocycles. The quantitative estimate of drug-likeness (QED) is 0.868. The molecule has 118 valence electrons. The predicted molar refractivity (Wildman–Crippen MR) is 90.6 cm³/mol. The smallest absolute Gasteiger partial charge is 0.226 e. The van der Waals surface area contributed by atoms with E-state index < -0.39 is 0 Å². The van der Waals surface area contributed by atoms with Gasteiger partial charge in [0.25, 0.3) is 0 Å². The average Bonchev–Trinajstić information content (AvgIpc) is 2.67. The molecule has 2 N–H and O–H groups in total. The van der Waals surface area contributed by atoms with Gasteiger partial charge in [-0.2, -0.15) is 0 Å². The maximum Gasteiger partial charge on any atom is 0.226 e. The van der Waals surface area contributed by atoms with Crippen molar-refractivity contribution >= 4 is 24.0 Å². The second-order valence-corrected chi connectivity index (χ2v) is 6.23. The normalized spacial score (nSPS) is 19.0. The molecule has 0 spiro atoms. The van der Waals surface area contributed by atoms with Gasteiger partial charge in [0.05, 0.1) is 6.42 Å². The highest BCUT2D eigenvalue weighted by molar-refractivity contribution is 5.85. The molecule has 0 aromatic heterocycles. The van der Waals surface area contributed by atoms with Crippen LogP contribution < -0.4 is 5.73 Å². The summed E-state index contributed by atoms with van der Waals surface area (Å²) >= 11 is 0. The molecule has 3 nitrogen and oxygen atoms in total. The summed E-state index contributed by atoms with van der Waals surface area (Å²) in [6, 6.07) is 7.61. The largest absolute Gasteiger partial charge is 0.399 e. The van der Waals surface area contributed by atoms with Gasteiger partial charge in [0.1, 0.15) is 0 Å². The van der Waals surface area contributed by atoms with Gasteiger partial charge in [-0.3, -0.25) is 4.79 Å². The Labute approximate surface area is 134 Å². The number of likely N-dealkylation sites (tertiary alicyclic amines) is 1. The SMILES string of the molecule is CC(C)C1CCCN(C(=O)Cc2ccc(N)cc2)CC1.Cl. The summed E-state index contributed by atoms with van der Waals surface area (Å²) in [4.78, 5) is 14.4. The van der Waals surface area contributed by atoms with Gasteiger partial charge in [0, 0.05) is 18.8 Å². The molecule has 1 unspecified atom stereocenters. The van der Waals surface area contributed by atoms with Gasteiger partial charge >= 0.3 is 0 Å². The van der Waals surface area contributed by atoms with Crippen molar-refractivity contribution in [3.05, 3.63) is 29.8 Å². The third-order valence-corrected chi connectivity index (χ3v) is 4.40. The van der Waals surface area contributed by atoms with Crippen LogP contribution in [0.3, 0.4) is 0 Å². The van der Waals surface area contributed by atoms with Crippen LogP contribution in [0.15, 0.2) is 24.3 Å². The monoisotopic (exact) mass is 310 g/mol. The third kappa shape index (κ3) is 5.24. The lowest BCUT2D eigenvalue weighted by atomic mass is 9.89. The molecule has 0 radical (unpaired) electrons. The van der Waals surface area contributed by atoms with Crippen molar-refractivity contribution in [2.75, 3.05) is 18.8 Å². The van der Waals surface area contributed by atoms with Crippen LogP contribution in [0.1, 0.15) is 38.7 Å². The fraction of sp³-hybridized carbons (Fsp3) is 0.588. The van der Waals surface area contributed by atoms with E-state index in [-0.39, 0.29) is 18.3 Å². The minimum atomic E-state index is 0. The summed E-state index contributed by atoms with van der Waals surface area (Å²) in [6.45, 7) is 6.40. The van der Waals surface area contributed by atoms with Crippen LogP contribution in [-0.2, 0) is 11.2 Å². The zero-order valence-corrected chi connectivity index (χ0v) is 13.9. The van der Waals surface area contributed by atoms with Crippen molar-refractivity contribution in [1.82, 2.24) is 4.90 Å². The van der Waals surface area contributed by atoms with E-state index in [0.29, 0.717) is 6.42 Å². The lowest BCUT2D eigenvalue weighted by Crippen LogP contribution is -2.33. The molecule has 1 aromatic rings. The minimum absolute atomic E-state index is 0. The van der Waals surface area contributed by atoms with E-state index in [1.165, 1.54) is 6.42 Å². The van der Waals surface area contributed by atoms with Crippen LogP contribution in [0.25, 0.3) is 0 Å². The van der Waals surface area contributed by atoms with E-state index in [4.69, 9.17) is 5.73 Å². The Morgan fingerprint density at radius 2 is 1.90 bits per heavy atom. The van der Waals surface area contributed by atoms with Crippen molar-refractivity contribution < 1.29 is 4.79 Å². The summed E-state index contributed by atoms with van der Waals surface area (Å²) in [5.74, 6) is 1.74. The topological polar surface area (TPSA) is 46.3 Å². The third-order valence-electron chi connectivity index (χ3n) is 4.40. The second-order valence-electron chi connectivity index (χ2n) is 6.23. The molecule has 1 amide bonds. The summed E-state index contributed by atoms with van der Waals surface area (Å²) in [6.07, 6.45) is 4.03. The lowest BCUT2D eigenvalue weighted by Gasteiger charge is -2.21. The Bertz CT molecular complexity index is 445. The van der Waals surface area contributed by atoms with Crippen LogP contribution >= 0.6 is 12.4 Å². The Balaban J connectivity index is 0.00000220. The number of carbonyl (C=O) groups is 1. The predicted octanol–water partition coefficient (Wildman–Crippen LogP) is 3.52. The van der Waals surface area contributed by atoms with Crippen molar-refractivity contribution in [1.29, 1.82) is 0 Å². The number of nitrogens with zero attached hydrogens (tertiary/aromatic N) is 1. The standard InChI is InChI=1S/C17H26N2O.ClH/c1-13(2)15-4-3-10-19(11-9-15)17(20)12-14-5-7-16(18)8-6-14;/h5-8,13,15H,3-4,9-12,18H2,1-2H3;1H. The van der Waals surface area contributed by atoms with Crippen molar-refractivity contribution in [2.24, 2.45) is 11.8 Å². The van der Waals surface area contributed by atoms with E-state index in [1.54, 1.807) is 0 Å². The molecule has 4 heteroatoms. The van der Waals surface area contributed by atoms with Crippen molar-refractivity contribution in [2.45, 2.75) is 39.5 Å². The van der Waals surface area contributed by atoms with Gasteiger partial charge in [-0.05, 0) is 48.8 Å². The van der Waals surface area contributed by atoms with E-state index >= 15 is 0 Å². The van der Waals surface area contributed by atoms with E-state index in [2.05, 4.69) is 13.8 Å². The van der Waals surface area contributed by atoms with Crippen LogP contribution in [-0.4, -0.2) is 23.9 Å². The van der Waals surface area contributed by atoms with E-state index in [1.807, 2.05) is 29.2 Å². The Morgan fingerprint density at radius 1 is 1.24 bits per heavy atom. The molecule has 1 aliphatic heterocycles. The molecule has 2 rings (SSSR count). The van der Waals surface area contributed by atoms with E-state index in [0.717, 1.165) is 49.0 Å². The molecule has 1 aliphatic rings. The number of amides is 1. The first-order valence-electron chi connectivity index (χ1n) is 7.68. The Kier molecular flexibility index (Phi) is 7.03. The lowest BCUT2D eigenvalue weighted by molar-refractivity contribution is -0.130. The van der Waals surface area contributed by atoms with Crippen LogP contribution in [0.4, 0.5) is 5.69 Å². The van der Waals surface area contributed by atoms with Crippen LogP contribution in [0.2, 0.25) is 0 Å². The highest BCUT2D eigenvalue weighted by atomic mass is 35.5. The van der Waals surface area contributed by atoms with E-state index in [9.17, 15) is 4.79 Å². The van der Waals surface area contributed by atoms with Gasteiger partial charge in [-0.1, -0.05) is 26.0 Å². The molecule has 1 heterocycles. The fourth-order valence-corrected chi connectivity index (χ4v) is 2.96.